The van der Waals surface area contributed by atoms with Crippen LogP contribution in [0.15, 0.2) is 41.2 Å². The Labute approximate surface area is 145 Å². The van der Waals surface area contributed by atoms with Crippen LogP contribution in [0.3, 0.4) is 0 Å². The number of aromatic amines is 1. The molecular formula is C19H22N2O4. The van der Waals surface area contributed by atoms with Crippen molar-refractivity contribution in [3.63, 3.8) is 0 Å². The van der Waals surface area contributed by atoms with E-state index in [1.165, 1.54) is 6.07 Å². The number of aliphatic hydroxyl groups excluding tert-OH is 1. The van der Waals surface area contributed by atoms with E-state index in [4.69, 9.17) is 4.74 Å². The Hall–Kier alpha value is -2.60. The first-order valence-electron chi connectivity index (χ1n) is 8.49. The minimum Gasteiger partial charge on any atom is -0.488 e. The second-order valence-corrected chi connectivity index (χ2v) is 6.37. The highest BCUT2D eigenvalue weighted by Gasteiger charge is 2.24. The smallest absolute Gasteiger partial charge is 0.261 e. The van der Waals surface area contributed by atoms with Crippen LogP contribution in [0.2, 0.25) is 0 Å². The van der Waals surface area contributed by atoms with Crippen LogP contribution >= 0.6 is 0 Å². The molecule has 2 aromatic rings. The van der Waals surface area contributed by atoms with Gasteiger partial charge in [0, 0.05) is 11.4 Å². The van der Waals surface area contributed by atoms with Gasteiger partial charge in [0.05, 0.1) is 6.10 Å². The highest BCUT2D eigenvalue weighted by molar-refractivity contribution is 6.03. The van der Waals surface area contributed by atoms with Crippen LogP contribution in [0.25, 0.3) is 0 Å². The Bertz CT molecular complexity index is 798. The average Bonchev–Trinajstić information content (AvgIpc) is 2.58. The fraction of sp³-hybridized carbons (Fsp3) is 0.368. The van der Waals surface area contributed by atoms with E-state index in [2.05, 4.69) is 10.3 Å². The number of rotatable bonds is 4. The molecule has 6 heteroatoms. The van der Waals surface area contributed by atoms with E-state index in [0.29, 0.717) is 17.1 Å². The first-order chi connectivity index (χ1) is 12.0. The van der Waals surface area contributed by atoms with Gasteiger partial charge in [-0.25, -0.2) is 0 Å². The van der Waals surface area contributed by atoms with E-state index in [-0.39, 0.29) is 11.7 Å². The van der Waals surface area contributed by atoms with Gasteiger partial charge in [0.1, 0.15) is 17.4 Å². The molecule has 0 saturated heterocycles. The number of amides is 1. The third-order valence-electron chi connectivity index (χ3n) is 4.37. The maximum absolute atomic E-state index is 12.2. The van der Waals surface area contributed by atoms with E-state index in [1.54, 1.807) is 37.3 Å². The number of anilines is 1. The summed E-state index contributed by atoms with van der Waals surface area (Å²) in [7, 11) is 0. The number of benzene rings is 1. The molecule has 1 saturated carbocycles. The van der Waals surface area contributed by atoms with Gasteiger partial charge < -0.3 is 20.1 Å². The number of H-pyrrole nitrogens is 1. The SMILES string of the molecule is Cc1ccc(C(=O)Nc2ccc(O[C@H]3CCCC[C@H]3O)cc2)c(=O)[nH]1. The summed E-state index contributed by atoms with van der Waals surface area (Å²) in [6, 6.07) is 10.1. The van der Waals surface area contributed by atoms with E-state index in [0.717, 1.165) is 25.7 Å². The van der Waals surface area contributed by atoms with Crippen LogP contribution in [0, 0.1) is 6.92 Å². The van der Waals surface area contributed by atoms with Crippen molar-refractivity contribution in [1.82, 2.24) is 4.98 Å². The van der Waals surface area contributed by atoms with Crippen molar-refractivity contribution >= 4 is 11.6 Å². The number of hydrogen-bond donors (Lipinski definition) is 3. The quantitative estimate of drug-likeness (QED) is 0.796. The van der Waals surface area contributed by atoms with Crippen molar-refractivity contribution in [3.05, 3.63) is 58.0 Å². The Morgan fingerprint density at radius 2 is 1.88 bits per heavy atom. The predicted octanol–water partition coefficient (Wildman–Crippen LogP) is 2.62. The van der Waals surface area contributed by atoms with Crippen LogP contribution < -0.4 is 15.6 Å². The molecule has 0 bridgehead atoms. The lowest BCUT2D eigenvalue weighted by atomic mass is 9.95. The second-order valence-electron chi connectivity index (χ2n) is 6.37. The Kier molecular flexibility index (Phi) is 5.19. The van der Waals surface area contributed by atoms with Crippen molar-refractivity contribution in [3.8, 4) is 5.75 Å². The van der Waals surface area contributed by atoms with Crippen LogP contribution in [0.5, 0.6) is 5.75 Å². The summed E-state index contributed by atoms with van der Waals surface area (Å²) in [6.07, 6.45) is 3.09. The molecule has 0 radical (unpaired) electrons. The fourth-order valence-electron chi connectivity index (χ4n) is 2.96. The lowest BCUT2D eigenvalue weighted by Gasteiger charge is -2.28. The zero-order valence-corrected chi connectivity index (χ0v) is 14.1. The van der Waals surface area contributed by atoms with Crippen LogP contribution in [0.1, 0.15) is 41.7 Å². The normalized spacial score (nSPS) is 20.1. The van der Waals surface area contributed by atoms with Gasteiger partial charge in [0.25, 0.3) is 11.5 Å². The lowest BCUT2D eigenvalue weighted by Crippen LogP contribution is -2.34. The number of carbonyl (C=O) groups is 1. The average molecular weight is 342 g/mol. The summed E-state index contributed by atoms with van der Waals surface area (Å²) in [5, 5.41) is 12.7. The minimum atomic E-state index is -0.461. The van der Waals surface area contributed by atoms with Crippen molar-refractivity contribution in [2.45, 2.75) is 44.8 Å². The van der Waals surface area contributed by atoms with Crippen molar-refractivity contribution in [2.24, 2.45) is 0 Å². The van der Waals surface area contributed by atoms with Crippen LogP contribution in [-0.2, 0) is 0 Å². The second kappa shape index (κ2) is 7.53. The maximum atomic E-state index is 12.2. The standard InChI is InChI=1S/C19H22N2O4/c1-12-6-11-15(18(23)20-12)19(24)21-13-7-9-14(10-8-13)25-17-5-3-2-4-16(17)22/h6-11,16-17,22H,2-5H2,1H3,(H,20,23)(H,21,24)/t16-,17+/m1/s1. The lowest BCUT2D eigenvalue weighted by molar-refractivity contribution is 0.00688. The Morgan fingerprint density at radius 3 is 2.56 bits per heavy atom. The monoisotopic (exact) mass is 342 g/mol. The summed E-state index contributed by atoms with van der Waals surface area (Å²) < 4.78 is 5.83. The molecule has 1 aromatic carbocycles. The number of aliphatic hydroxyl groups is 1. The fourth-order valence-corrected chi connectivity index (χ4v) is 2.96. The summed E-state index contributed by atoms with van der Waals surface area (Å²) in [6.45, 7) is 1.76. The van der Waals surface area contributed by atoms with Gasteiger partial charge in [-0.15, -0.1) is 0 Å². The molecule has 1 amide bonds. The van der Waals surface area contributed by atoms with Crippen LogP contribution in [0.4, 0.5) is 5.69 Å². The molecule has 25 heavy (non-hydrogen) atoms. The van der Waals surface area contributed by atoms with E-state index in [9.17, 15) is 14.7 Å². The molecule has 6 nitrogen and oxygen atoms in total. The molecule has 132 valence electrons. The third kappa shape index (κ3) is 4.28. The van der Waals surface area contributed by atoms with E-state index >= 15 is 0 Å². The van der Waals surface area contributed by atoms with Gasteiger partial charge in [0.2, 0.25) is 0 Å². The summed E-state index contributed by atoms with van der Waals surface area (Å²) in [4.78, 5) is 26.6. The van der Waals surface area contributed by atoms with Gasteiger partial charge in [-0.1, -0.05) is 6.42 Å². The molecule has 0 unspecified atom stereocenters. The highest BCUT2D eigenvalue weighted by atomic mass is 16.5. The first kappa shape index (κ1) is 17.2. The molecule has 1 aliphatic rings. The molecule has 1 heterocycles. The maximum Gasteiger partial charge on any atom is 0.261 e. The Morgan fingerprint density at radius 1 is 1.16 bits per heavy atom. The number of ether oxygens (including phenoxy) is 1. The molecular weight excluding hydrogens is 320 g/mol. The van der Waals surface area contributed by atoms with Gasteiger partial charge >= 0.3 is 0 Å². The zero-order chi connectivity index (χ0) is 17.8. The summed E-state index contributed by atoms with van der Waals surface area (Å²) in [5.41, 5.74) is 0.925. The van der Waals surface area contributed by atoms with E-state index < -0.39 is 17.6 Å². The molecule has 1 aliphatic carbocycles. The third-order valence-corrected chi connectivity index (χ3v) is 4.37. The van der Waals surface area contributed by atoms with Gasteiger partial charge in [-0.3, -0.25) is 9.59 Å². The first-order valence-corrected chi connectivity index (χ1v) is 8.49. The summed E-state index contributed by atoms with van der Waals surface area (Å²) >= 11 is 0. The molecule has 3 N–H and O–H groups in total. The number of carbonyl (C=O) groups excluding carboxylic acids is 1. The van der Waals surface area contributed by atoms with Crippen molar-refractivity contribution in [1.29, 1.82) is 0 Å². The number of hydrogen-bond acceptors (Lipinski definition) is 4. The predicted molar refractivity (Wildman–Crippen MR) is 95.1 cm³/mol. The number of nitrogens with one attached hydrogen (secondary N) is 2. The topological polar surface area (TPSA) is 91.4 Å². The number of pyridine rings is 1. The summed E-state index contributed by atoms with van der Waals surface area (Å²) in [5.74, 6) is 0.190. The number of aromatic nitrogens is 1. The largest absolute Gasteiger partial charge is 0.488 e. The van der Waals surface area contributed by atoms with Crippen LogP contribution in [-0.4, -0.2) is 28.2 Å². The Balaban J connectivity index is 1.64. The van der Waals surface area contributed by atoms with Crippen molar-refractivity contribution in [2.75, 3.05) is 5.32 Å². The van der Waals surface area contributed by atoms with Gasteiger partial charge in [-0.05, 0) is 62.6 Å². The zero-order valence-electron chi connectivity index (χ0n) is 14.1. The molecule has 0 spiro atoms. The molecule has 0 aliphatic heterocycles. The van der Waals surface area contributed by atoms with Gasteiger partial charge in [0.15, 0.2) is 0 Å². The highest BCUT2D eigenvalue weighted by Crippen LogP contribution is 2.25. The molecule has 3 rings (SSSR count). The molecule has 2 atom stereocenters. The van der Waals surface area contributed by atoms with Gasteiger partial charge in [-0.2, -0.15) is 0 Å². The van der Waals surface area contributed by atoms with E-state index in [1.807, 2.05) is 0 Å². The minimum absolute atomic E-state index is 0.0660. The van der Waals surface area contributed by atoms with Crippen molar-refractivity contribution < 1.29 is 14.6 Å². The number of aryl methyl sites for hydroxylation is 1. The molecule has 1 fully saturated rings. The molecule has 1 aromatic heterocycles.